The first-order valence-electron chi connectivity index (χ1n) is 12.0. The van der Waals surface area contributed by atoms with Gasteiger partial charge in [0.15, 0.2) is 5.54 Å². The largest absolute Gasteiger partial charge is 0.366 e. The van der Waals surface area contributed by atoms with Crippen LogP contribution in [0.2, 0.25) is 0 Å². The third kappa shape index (κ3) is 4.42. The molecule has 36 heavy (non-hydrogen) atoms. The lowest BCUT2D eigenvalue weighted by Crippen LogP contribution is -2.52. The number of nitrogens with one attached hydrogen (secondary N) is 1. The molecule has 8 heteroatoms. The topological polar surface area (TPSA) is 73.0 Å². The first kappa shape index (κ1) is 23.5. The van der Waals surface area contributed by atoms with Crippen molar-refractivity contribution in [2.24, 2.45) is 0 Å². The molecule has 0 radical (unpaired) electrons. The Labute approximate surface area is 209 Å². The minimum Gasteiger partial charge on any atom is -0.366 e. The summed E-state index contributed by atoms with van der Waals surface area (Å²) in [6.07, 6.45) is 0.272. The van der Waals surface area contributed by atoms with Gasteiger partial charge in [0.05, 0.1) is 5.69 Å². The molecule has 0 spiro atoms. The number of carbonyl (C=O) groups excluding carboxylic acids is 3. The molecule has 3 aromatic rings. The number of nitrogens with zero attached hydrogens (tertiary/aromatic N) is 3. The van der Waals surface area contributed by atoms with Gasteiger partial charge in [0, 0.05) is 32.6 Å². The van der Waals surface area contributed by atoms with E-state index in [2.05, 4.69) is 5.32 Å². The number of imide groups is 1. The van der Waals surface area contributed by atoms with E-state index in [9.17, 15) is 18.8 Å². The zero-order valence-corrected chi connectivity index (χ0v) is 19.8. The van der Waals surface area contributed by atoms with Gasteiger partial charge in [-0.3, -0.25) is 14.5 Å². The van der Waals surface area contributed by atoms with Crippen LogP contribution in [-0.2, 0) is 21.5 Å². The maximum absolute atomic E-state index is 14.1. The molecule has 1 N–H and O–H groups in total. The molecule has 7 nitrogen and oxygen atoms in total. The van der Waals surface area contributed by atoms with Crippen molar-refractivity contribution >= 4 is 23.5 Å². The van der Waals surface area contributed by atoms with Crippen molar-refractivity contribution in [3.05, 3.63) is 102 Å². The summed E-state index contributed by atoms with van der Waals surface area (Å²) in [4.78, 5) is 44.4. The van der Waals surface area contributed by atoms with E-state index >= 15 is 0 Å². The SMILES string of the molecule is O=C(CN1C(=O)N[C@@](Cc2ccccc2)(c2ccccc2)C1=O)N1CCN(c2ccccc2F)CC1. The average Bonchev–Trinajstić information content (AvgIpc) is 3.15. The molecule has 0 aromatic heterocycles. The Morgan fingerprint density at radius 3 is 2.11 bits per heavy atom. The number of piperazine rings is 1. The zero-order chi connectivity index (χ0) is 25.1. The van der Waals surface area contributed by atoms with Crippen LogP contribution in [0.1, 0.15) is 11.1 Å². The summed E-state index contributed by atoms with van der Waals surface area (Å²) < 4.78 is 14.1. The molecule has 4 amide bonds. The Bertz CT molecular complexity index is 1260. The molecule has 0 saturated carbocycles. The number of hydrogen-bond acceptors (Lipinski definition) is 4. The summed E-state index contributed by atoms with van der Waals surface area (Å²) >= 11 is 0. The van der Waals surface area contributed by atoms with Gasteiger partial charge in [-0.05, 0) is 23.3 Å². The van der Waals surface area contributed by atoms with E-state index in [1.807, 2.05) is 65.6 Å². The van der Waals surface area contributed by atoms with Gasteiger partial charge in [-0.1, -0.05) is 72.8 Å². The standard InChI is InChI=1S/C28H27FN4O3/c29-23-13-7-8-14-24(23)31-15-17-32(18-16-31)25(34)20-33-26(35)28(30-27(33)36,22-11-5-2-6-12-22)19-21-9-3-1-4-10-21/h1-14H,15-20H2,(H,30,36)/t28-/m0/s1. The van der Waals surface area contributed by atoms with Crippen LogP contribution in [-0.4, -0.2) is 60.4 Å². The predicted octanol–water partition coefficient (Wildman–Crippen LogP) is 3.16. The van der Waals surface area contributed by atoms with Gasteiger partial charge in [-0.25, -0.2) is 9.18 Å². The Morgan fingerprint density at radius 2 is 1.44 bits per heavy atom. The van der Waals surface area contributed by atoms with Crippen LogP contribution in [0.3, 0.4) is 0 Å². The second-order valence-electron chi connectivity index (χ2n) is 9.07. The number of carbonyl (C=O) groups is 3. The van der Waals surface area contributed by atoms with Gasteiger partial charge in [0.1, 0.15) is 12.4 Å². The van der Waals surface area contributed by atoms with Crippen molar-refractivity contribution in [1.29, 1.82) is 0 Å². The van der Waals surface area contributed by atoms with Gasteiger partial charge in [-0.2, -0.15) is 0 Å². The van der Waals surface area contributed by atoms with Crippen molar-refractivity contribution < 1.29 is 18.8 Å². The minimum absolute atomic E-state index is 0.272. The van der Waals surface area contributed by atoms with Crippen molar-refractivity contribution in [1.82, 2.24) is 15.1 Å². The Hall–Kier alpha value is -4.20. The lowest BCUT2D eigenvalue weighted by atomic mass is 9.83. The Kier molecular flexibility index (Phi) is 6.41. The fraction of sp³-hybridized carbons (Fsp3) is 0.250. The number of urea groups is 1. The number of halogens is 1. The maximum atomic E-state index is 14.1. The normalized spacial score (nSPS) is 20.0. The number of para-hydroxylation sites is 1. The number of benzene rings is 3. The highest BCUT2D eigenvalue weighted by Crippen LogP contribution is 2.33. The summed E-state index contributed by atoms with van der Waals surface area (Å²) in [6, 6.07) is 24.6. The van der Waals surface area contributed by atoms with Crippen LogP contribution in [0.25, 0.3) is 0 Å². The summed E-state index contributed by atoms with van der Waals surface area (Å²) in [5.41, 5.74) is 0.782. The van der Waals surface area contributed by atoms with Crippen LogP contribution in [0.15, 0.2) is 84.9 Å². The number of anilines is 1. The number of rotatable bonds is 6. The molecule has 2 fully saturated rings. The summed E-state index contributed by atoms with van der Waals surface area (Å²) in [6.45, 7) is 1.35. The number of amides is 4. The molecule has 3 aromatic carbocycles. The van der Waals surface area contributed by atoms with Crippen molar-refractivity contribution in [2.75, 3.05) is 37.6 Å². The lowest BCUT2D eigenvalue weighted by Gasteiger charge is -2.36. The highest BCUT2D eigenvalue weighted by molar-refractivity contribution is 6.09. The van der Waals surface area contributed by atoms with Gasteiger partial charge in [0.25, 0.3) is 5.91 Å². The van der Waals surface area contributed by atoms with E-state index in [4.69, 9.17) is 0 Å². The Balaban J connectivity index is 1.31. The van der Waals surface area contributed by atoms with Gasteiger partial charge in [0.2, 0.25) is 5.91 Å². The molecule has 2 saturated heterocycles. The second kappa shape index (κ2) is 9.81. The van der Waals surface area contributed by atoms with Gasteiger partial charge >= 0.3 is 6.03 Å². The molecular formula is C28H27FN4O3. The molecule has 2 aliphatic rings. The van der Waals surface area contributed by atoms with Crippen molar-refractivity contribution in [2.45, 2.75) is 12.0 Å². The summed E-state index contributed by atoms with van der Waals surface area (Å²) in [5.74, 6) is -1.05. The van der Waals surface area contributed by atoms with E-state index in [1.165, 1.54) is 6.07 Å². The molecule has 184 valence electrons. The first-order valence-corrected chi connectivity index (χ1v) is 12.0. The van der Waals surface area contributed by atoms with Crippen molar-refractivity contribution in [3.8, 4) is 0 Å². The molecule has 0 unspecified atom stereocenters. The smallest absolute Gasteiger partial charge is 0.325 e. The highest BCUT2D eigenvalue weighted by atomic mass is 19.1. The fourth-order valence-electron chi connectivity index (χ4n) is 4.95. The van der Waals surface area contributed by atoms with Gasteiger partial charge in [-0.15, -0.1) is 0 Å². The zero-order valence-electron chi connectivity index (χ0n) is 19.8. The van der Waals surface area contributed by atoms with Crippen LogP contribution < -0.4 is 10.2 Å². The maximum Gasteiger partial charge on any atom is 0.325 e. The molecule has 0 bridgehead atoms. The average molecular weight is 487 g/mol. The van der Waals surface area contributed by atoms with Gasteiger partial charge < -0.3 is 15.1 Å². The van der Waals surface area contributed by atoms with E-state index in [1.54, 1.807) is 23.1 Å². The van der Waals surface area contributed by atoms with E-state index in [0.717, 1.165) is 10.5 Å². The van der Waals surface area contributed by atoms with E-state index < -0.39 is 17.5 Å². The van der Waals surface area contributed by atoms with Crippen LogP contribution in [0.4, 0.5) is 14.9 Å². The third-order valence-corrected chi connectivity index (χ3v) is 6.87. The monoisotopic (exact) mass is 486 g/mol. The second-order valence-corrected chi connectivity index (χ2v) is 9.07. The summed E-state index contributed by atoms with van der Waals surface area (Å²) in [5, 5.41) is 2.89. The molecule has 0 aliphatic carbocycles. The first-order chi connectivity index (χ1) is 17.5. The number of hydrogen-bond donors (Lipinski definition) is 1. The lowest BCUT2D eigenvalue weighted by molar-refractivity contribution is -0.139. The highest BCUT2D eigenvalue weighted by Gasteiger charge is 2.53. The van der Waals surface area contributed by atoms with Crippen LogP contribution in [0, 0.1) is 5.82 Å². The van der Waals surface area contributed by atoms with Crippen LogP contribution >= 0.6 is 0 Å². The molecule has 5 rings (SSSR count). The molecule has 2 aliphatic heterocycles. The van der Waals surface area contributed by atoms with Crippen molar-refractivity contribution in [3.63, 3.8) is 0 Å². The van der Waals surface area contributed by atoms with E-state index in [-0.39, 0.29) is 24.7 Å². The fourth-order valence-corrected chi connectivity index (χ4v) is 4.95. The molecule has 1 atom stereocenters. The quantitative estimate of drug-likeness (QED) is 0.544. The summed E-state index contributed by atoms with van der Waals surface area (Å²) in [7, 11) is 0. The predicted molar refractivity (Wildman–Crippen MR) is 134 cm³/mol. The molecule has 2 heterocycles. The minimum atomic E-state index is -1.29. The van der Waals surface area contributed by atoms with E-state index in [0.29, 0.717) is 37.4 Å². The Morgan fingerprint density at radius 1 is 0.833 bits per heavy atom. The van der Waals surface area contributed by atoms with Crippen LogP contribution in [0.5, 0.6) is 0 Å². The molecular weight excluding hydrogens is 459 g/mol. The third-order valence-electron chi connectivity index (χ3n) is 6.87.